The number of hydrogen-bond acceptors (Lipinski definition) is 2. The molecule has 0 aliphatic heterocycles. The summed E-state index contributed by atoms with van der Waals surface area (Å²) >= 11 is 0. The van der Waals surface area contributed by atoms with Crippen molar-refractivity contribution in [2.45, 2.75) is 38.0 Å². The van der Waals surface area contributed by atoms with Crippen LogP contribution in [0.2, 0.25) is 0 Å². The number of hydrogen-bond donors (Lipinski definition) is 1. The molecule has 0 bridgehead atoms. The third kappa shape index (κ3) is 4.70. The van der Waals surface area contributed by atoms with Crippen molar-refractivity contribution < 1.29 is 27.4 Å². The Morgan fingerprint density at radius 3 is 2.37 bits per heavy atom. The second-order valence-corrected chi connectivity index (χ2v) is 4.59. The zero-order valence-electron chi connectivity index (χ0n) is 10.7. The van der Waals surface area contributed by atoms with Crippen molar-refractivity contribution in [3.8, 4) is 5.75 Å². The molecule has 1 N–H and O–H groups in total. The van der Waals surface area contributed by atoms with Crippen LogP contribution < -0.4 is 4.74 Å². The molecule has 1 aromatic rings. The molecule has 0 aliphatic rings. The molecule has 0 aliphatic carbocycles. The van der Waals surface area contributed by atoms with Gasteiger partial charge in [-0.25, -0.2) is 4.39 Å². The van der Waals surface area contributed by atoms with Gasteiger partial charge in [-0.3, -0.25) is 0 Å². The van der Waals surface area contributed by atoms with Crippen LogP contribution in [-0.2, 0) is 5.60 Å². The number of benzene rings is 1. The molecule has 0 saturated heterocycles. The molecule has 0 radical (unpaired) electrons. The van der Waals surface area contributed by atoms with Gasteiger partial charge >= 0.3 is 6.18 Å². The molecule has 2 nitrogen and oxygen atoms in total. The summed E-state index contributed by atoms with van der Waals surface area (Å²) in [5, 5.41) is 10.2. The number of alkyl halides is 3. The van der Waals surface area contributed by atoms with Crippen molar-refractivity contribution in [3.05, 3.63) is 29.6 Å². The second-order valence-electron chi connectivity index (χ2n) is 4.59. The molecule has 1 atom stereocenters. The first-order valence-electron chi connectivity index (χ1n) is 5.79. The molecule has 0 spiro atoms. The minimum Gasteiger partial charge on any atom is -0.496 e. The maximum atomic E-state index is 13.2. The molecule has 1 unspecified atom stereocenters. The molecule has 6 heteroatoms. The van der Waals surface area contributed by atoms with E-state index in [0.717, 1.165) is 12.1 Å². The fraction of sp³-hybridized carbons (Fsp3) is 0.538. The van der Waals surface area contributed by atoms with E-state index in [1.54, 1.807) is 0 Å². The number of rotatable bonds is 5. The maximum Gasteiger partial charge on any atom is 0.389 e. The zero-order chi connectivity index (χ0) is 14.7. The quantitative estimate of drug-likeness (QED) is 0.832. The SMILES string of the molecule is COc1ccc(F)cc1C(C)(O)CCCC(F)(F)F. The Morgan fingerprint density at radius 2 is 1.84 bits per heavy atom. The lowest BCUT2D eigenvalue weighted by molar-refractivity contribution is -0.137. The van der Waals surface area contributed by atoms with E-state index in [1.165, 1.54) is 20.1 Å². The van der Waals surface area contributed by atoms with Gasteiger partial charge < -0.3 is 9.84 Å². The van der Waals surface area contributed by atoms with Crippen molar-refractivity contribution in [1.82, 2.24) is 0 Å². The Bertz CT molecular complexity index is 427. The van der Waals surface area contributed by atoms with Gasteiger partial charge in [0, 0.05) is 12.0 Å². The first-order chi connectivity index (χ1) is 8.65. The molecule has 0 fully saturated rings. The Kier molecular flexibility index (Phi) is 4.79. The lowest BCUT2D eigenvalue weighted by Crippen LogP contribution is -2.23. The smallest absolute Gasteiger partial charge is 0.389 e. The Balaban J connectivity index is 2.84. The normalized spacial score (nSPS) is 15.1. The summed E-state index contributed by atoms with van der Waals surface area (Å²) in [7, 11) is 1.35. The molecule has 0 amide bonds. The topological polar surface area (TPSA) is 29.5 Å². The van der Waals surface area contributed by atoms with E-state index in [4.69, 9.17) is 4.74 Å². The van der Waals surface area contributed by atoms with Crippen LogP contribution >= 0.6 is 0 Å². The summed E-state index contributed by atoms with van der Waals surface area (Å²) in [4.78, 5) is 0. The van der Waals surface area contributed by atoms with Gasteiger partial charge in [-0.05, 0) is 38.0 Å². The minimum atomic E-state index is -4.26. The van der Waals surface area contributed by atoms with Crippen LogP contribution in [0.15, 0.2) is 18.2 Å². The highest BCUT2D eigenvalue weighted by Crippen LogP contribution is 2.35. The highest BCUT2D eigenvalue weighted by atomic mass is 19.4. The van der Waals surface area contributed by atoms with Crippen molar-refractivity contribution in [2.24, 2.45) is 0 Å². The Hall–Kier alpha value is -1.30. The molecular formula is C13H16F4O2. The lowest BCUT2D eigenvalue weighted by Gasteiger charge is -2.26. The number of aliphatic hydroxyl groups is 1. The van der Waals surface area contributed by atoms with E-state index in [0.29, 0.717) is 0 Å². The monoisotopic (exact) mass is 280 g/mol. The van der Waals surface area contributed by atoms with Crippen molar-refractivity contribution >= 4 is 0 Å². The summed E-state index contributed by atoms with van der Waals surface area (Å²) < 4.78 is 54.4. The van der Waals surface area contributed by atoms with Crippen LogP contribution in [0.5, 0.6) is 5.75 Å². The van der Waals surface area contributed by atoms with E-state index in [9.17, 15) is 22.7 Å². The van der Waals surface area contributed by atoms with Gasteiger partial charge in [0.25, 0.3) is 0 Å². The van der Waals surface area contributed by atoms with E-state index in [1.807, 2.05) is 0 Å². The van der Waals surface area contributed by atoms with E-state index in [2.05, 4.69) is 0 Å². The Morgan fingerprint density at radius 1 is 1.21 bits per heavy atom. The molecule has 108 valence electrons. The van der Waals surface area contributed by atoms with Crippen LogP contribution in [0, 0.1) is 5.82 Å². The van der Waals surface area contributed by atoms with Gasteiger partial charge in [-0.15, -0.1) is 0 Å². The summed E-state index contributed by atoms with van der Waals surface area (Å²) in [6, 6.07) is 3.57. The van der Waals surface area contributed by atoms with Gasteiger partial charge in [0.1, 0.15) is 11.6 Å². The molecule has 1 rings (SSSR count). The molecule has 0 heterocycles. The summed E-state index contributed by atoms with van der Waals surface area (Å²) in [5.41, 5.74) is -1.42. The standard InChI is InChI=1S/C13H16F4O2/c1-12(18,6-3-7-13(15,16)17)10-8-9(14)4-5-11(10)19-2/h4-5,8,18H,3,6-7H2,1-2H3. The third-order valence-electron chi connectivity index (χ3n) is 2.87. The van der Waals surface area contributed by atoms with Crippen LogP contribution in [-0.4, -0.2) is 18.4 Å². The first-order valence-corrected chi connectivity index (χ1v) is 5.79. The average molecular weight is 280 g/mol. The van der Waals surface area contributed by atoms with Crippen molar-refractivity contribution in [1.29, 1.82) is 0 Å². The third-order valence-corrected chi connectivity index (χ3v) is 2.87. The summed E-state index contributed by atoms with van der Waals surface area (Å²) in [6.45, 7) is 1.35. The summed E-state index contributed by atoms with van der Waals surface area (Å²) in [6.07, 6.45) is -5.62. The zero-order valence-corrected chi connectivity index (χ0v) is 10.7. The number of ether oxygens (including phenoxy) is 1. The van der Waals surface area contributed by atoms with E-state index >= 15 is 0 Å². The second kappa shape index (κ2) is 5.77. The van der Waals surface area contributed by atoms with Crippen LogP contribution in [0.25, 0.3) is 0 Å². The van der Waals surface area contributed by atoms with Gasteiger partial charge in [0.15, 0.2) is 0 Å². The van der Waals surface area contributed by atoms with Crippen LogP contribution in [0.1, 0.15) is 31.7 Å². The predicted octanol–water partition coefficient (Wildman–Crippen LogP) is 3.77. The molecular weight excluding hydrogens is 264 g/mol. The van der Waals surface area contributed by atoms with E-state index in [-0.39, 0.29) is 24.2 Å². The molecule has 1 aromatic carbocycles. The van der Waals surface area contributed by atoms with Gasteiger partial charge in [-0.2, -0.15) is 13.2 Å². The Labute approximate surface area is 109 Å². The largest absolute Gasteiger partial charge is 0.496 e. The summed E-state index contributed by atoms with van der Waals surface area (Å²) in [5.74, 6) is -0.328. The van der Waals surface area contributed by atoms with E-state index < -0.39 is 24.0 Å². The van der Waals surface area contributed by atoms with Crippen molar-refractivity contribution in [3.63, 3.8) is 0 Å². The highest BCUT2D eigenvalue weighted by Gasteiger charge is 2.31. The molecule has 19 heavy (non-hydrogen) atoms. The maximum absolute atomic E-state index is 13.2. The van der Waals surface area contributed by atoms with Crippen LogP contribution in [0.4, 0.5) is 17.6 Å². The fourth-order valence-corrected chi connectivity index (χ4v) is 1.87. The molecule has 0 aromatic heterocycles. The average Bonchev–Trinajstić information content (AvgIpc) is 2.27. The van der Waals surface area contributed by atoms with Gasteiger partial charge in [-0.1, -0.05) is 0 Å². The number of halogens is 4. The van der Waals surface area contributed by atoms with Crippen LogP contribution in [0.3, 0.4) is 0 Å². The predicted molar refractivity (Wildman–Crippen MR) is 62.4 cm³/mol. The number of methoxy groups -OCH3 is 1. The molecule has 0 saturated carbocycles. The van der Waals surface area contributed by atoms with Crippen molar-refractivity contribution in [2.75, 3.05) is 7.11 Å². The lowest BCUT2D eigenvalue weighted by atomic mass is 9.89. The first kappa shape index (κ1) is 15.8. The highest BCUT2D eigenvalue weighted by molar-refractivity contribution is 5.38. The van der Waals surface area contributed by atoms with Gasteiger partial charge in [0.05, 0.1) is 12.7 Å². The van der Waals surface area contributed by atoms with Gasteiger partial charge in [0.2, 0.25) is 0 Å². The minimum absolute atomic E-state index is 0.133. The fourth-order valence-electron chi connectivity index (χ4n) is 1.87.